The van der Waals surface area contributed by atoms with Crippen LogP contribution in [0.2, 0.25) is 10.6 Å². The quantitative estimate of drug-likeness (QED) is 0.0101. The predicted octanol–water partition coefficient (Wildman–Crippen LogP) is 8.60. The van der Waals surface area contributed by atoms with Crippen LogP contribution in [-0.4, -0.2) is 199 Å². The van der Waals surface area contributed by atoms with Crippen LogP contribution in [0, 0.1) is 5.92 Å². The number of nitrogens with zero attached hydrogens (tertiary/aromatic N) is 9. The number of hydrogen-bond acceptors (Lipinski definition) is 26. The second-order valence-corrected chi connectivity index (χ2v) is 26.1. The summed E-state index contributed by atoms with van der Waals surface area (Å²) in [6.07, 6.45) is -11.6. The highest BCUT2D eigenvalue weighted by Gasteiger charge is 2.53. The molecule has 6 aromatic rings. The monoisotopic (exact) mass is 1470 g/mol. The summed E-state index contributed by atoms with van der Waals surface area (Å²) >= 11 is 12.2. The highest BCUT2D eigenvalue weighted by atomic mass is 35.5. The van der Waals surface area contributed by atoms with E-state index in [1.54, 1.807) is 79.7 Å². The number of esters is 2. The number of carboxylic acids is 3. The molecule has 9 atom stereocenters. The van der Waals surface area contributed by atoms with Gasteiger partial charge in [-0.2, -0.15) is 24.8 Å². The van der Waals surface area contributed by atoms with E-state index >= 15 is 8.78 Å². The van der Waals surface area contributed by atoms with Crippen molar-refractivity contribution in [3.63, 3.8) is 0 Å². The number of halogens is 4. The molecule has 6 N–H and O–H groups in total. The summed E-state index contributed by atoms with van der Waals surface area (Å²) in [4.78, 5) is 150. The van der Waals surface area contributed by atoms with Crippen molar-refractivity contribution < 1.29 is 115 Å². The van der Waals surface area contributed by atoms with Gasteiger partial charge in [0, 0.05) is 55.6 Å². The van der Waals surface area contributed by atoms with Crippen LogP contribution in [0.4, 0.5) is 30.0 Å². The summed E-state index contributed by atoms with van der Waals surface area (Å²) in [6, 6.07) is 11.6. The predicted molar refractivity (Wildman–Crippen MR) is 356 cm³/mol. The first-order valence-corrected chi connectivity index (χ1v) is 32.2. The lowest BCUT2D eigenvalue weighted by Gasteiger charge is -2.31. The van der Waals surface area contributed by atoms with Crippen molar-refractivity contribution in [2.24, 2.45) is 5.92 Å². The summed E-state index contributed by atoms with van der Waals surface area (Å²) in [6.45, 7) is 12.6. The Kier molecular flexibility index (Phi) is 27.3. The smallest absolute Gasteiger partial charge is 0.425 e. The molecule has 0 bridgehead atoms. The van der Waals surface area contributed by atoms with Gasteiger partial charge in [0.25, 0.3) is 5.60 Å². The van der Waals surface area contributed by atoms with Crippen LogP contribution in [0.3, 0.4) is 0 Å². The third-order valence-corrected chi connectivity index (χ3v) is 16.1. The molecule has 554 valence electrons. The number of Topliss-reactive ketones (excluding diaryl/α,β-unsaturated/α-hetero) is 3. The number of carboxylic acid groups (broad SMARTS) is 3. The molecule has 0 radical (unpaired) electrons. The Bertz CT molecular complexity index is 4030. The molecule has 2 fully saturated rings. The maximum atomic E-state index is 16.3. The van der Waals surface area contributed by atoms with Gasteiger partial charge < -0.3 is 64.1 Å². The molecule has 2 aliphatic heterocycles. The minimum atomic E-state index is -2.86. The van der Waals surface area contributed by atoms with Gasteiger partial charge in [-0.05, 0) is 103 Å². The van der Waals surface area contributed by atoms with Crippen LogP contribution in [-0.2, 0) is 79.5 Å². The summed E-state index contributed by atoms with van der Waals surface area (Å²) in [5, 5.41) is 38.3. The number of fused-ring (bicyclic) bond motifs is 2. The molecule has 32 nitrogen and oxygen atoms in total. The Morgan fingerprint density at radius 2 is 1.10 bits per heavy atom. The fraction of sp³-hybridized carbons (Fsp3) is 0.515. The molecule has 6 heterocycles. The number of carbonyl (C=O) groups excluding carboxylic acids is 7. The number of carbonyl (C=O) groups is 10. The standard InChI is InChI=1S/C40H51ClFN5O12.C25H25ClFN5O10.CH4/c1-11-55-34(51)40(23(3)48,19-24-15-17-25(18-16-24)26(49)13-12-14-28(50)54-10)56-20-27-22(2)29(42)33(57-27)46-21-43-30-31(46)44-35(41)45-32(30)47(36(52)58-38(4,5)6)37(53)59-39(7,8)9;26-24-30-19(28)17-20(31-24)32(10-29-17)21-16(27)18(36)14(42-21)9-41-25(22(37)38,23(39)40)8-11-4-6-12(7-5-11)13(33)2-1-3-15(34)35;/h15-18,21-22,27,29,33H,11-14,19-20H2,1-10H3;4-7,10,14,16,18,21,36H,1-3,8-9H2,(H,34,35)(H,37,38)(H,39,40)(H2,28,30,31);1H4/t22-,27-,29+,33-,40?;14-,16+,18-,21-;/m11./s1. The van der Waals surface area contributed by atoms with Gasteiger partial charge in [-0.15, -0.1) is 0 Å². The number of aliphatic carboxylic acids is 3. The number of aromatic nitrogens is 8. The number of nitrogen functional groups attached to an aromatic ring is 1. The zero-order valence-electron chi connectivity index (χ0n) is 56.4. The van der Waals surface area contributed by atoms with Crippen LogP contribution in [0.15, 0.2) is 61.2 Å². The molecule has 4 aromatic heterocycles. The van der Waals surface area contributed by atoms with Gasteiger partial charge in [-0.25, -0.2) is 42.7 Å². The number of imidazole rings is 2. The Labute approximate surface area is 592 Å². The highest BCUT2D eigenvalue weighted by molar-refractivity contribution is 6.29. The number of aliphatic hydroxyl groups is 1. The van der Waals surface area contributed by atoms with Crippen molar-refractivity contribution in [2.45, 2.75) is 187 Å². The Balaban J connectivity index is 0.000000335. The lowest BCUT2D eigenvalue weighted by molar-refractivity contribution is -0.190. The minimum Gasteiger partial charge on any atom is -0.481 e. The maximum Gasteiger partial charge on any atom is 0.425 e. The summed E-state index contributed by atoms with van der Waals surface area (Å²) < 4.78 is 77.8. The number of imide groups is 1. The molecule has 2 aliphatic rings. The van der Waals surface area contributed by atoms with E-state index in [4.69, 9.17) is 67.2 Å². The van der Waals surface area contributed by atoms with Gasteiger partial charge in [0.15, 0.2) is 70.6 Å². The first-order valence-electron chi connectivity index (χ1n) is 31.4. The first-order chi connectivity index (χ1) is 47.3. The first kappa shape index (κ1) is 81.6. The van der Waals surface area contributed by atoms with Gasteiger partial charge in [0.2, 0.25) is 16.2 Å². The SMILES string of the molecule is C.CCOC(=O)C(Cc1ccc(C(=O)CCCC(=O)OC)cc1)(OC[C@H]1O[C@@H](n2cnc3c(N(C(=O)OC(C)(C)C)C(=O)OC(C)(C)C)nc(Cl)nc32)[C@@H](F)[C@@H]1C)C(C)=O.Nc1nc(Cl)nc2c1ncn2[C@@H]1O[C@H](COC(Cc2ccc(C(=O)CCCC(=O)O)cc2)(C(=O)O)C(=O)O)[C@@H](O)[C@@H]1F. The van der Waals surface area contributed by atoms with Crippen molar-refractivity contribution in [3.05, 3.63) is 94.0 Å². The Morgan fingerprint density at radius 1 is 0.647 bits per heavy atom. The second kappa shape index (κ2) is 34.1. The van der Waals surface area contributed by atoms with Crippen LogP contribution in [0.5, 0.6) is 0 Å². The zero-order valence-corrected chi connectivity index (χ0v) is 57.9. The average molecular weight is 1470 g/mol. The molecule has 102 heavy (non-hydrogen) atoms. The largest absolute Gasteiger partial charge is 0.481 e. The van der Waals surface area contributed by atoms with E-state index in [1.165, 1.54) is 49.2 Å². The van der Waals surface area contributed by atoms with E-state index in [0.717, 1.165) is 10.9 Å². The summed E-state index contributed by atoms with van der Waals surface area (Å²) in [5.74, 6) is -8.74. The van der Waals surface area contributed by atoms with Crippen LogP contribution >= 0.6 is 23.2 Å². The molecule has 1 unspecified atom stereocenters. The van der Waals surface area contributed by atoms with E-state index in [1.807, 2.05) is 0 Å². The number of rotatable bonds is 28. The summed E-state index contributed by atoms with van der Waals surface area (Å²) in [5.41, 5.74) is -0.256. The number of ketones is 3. The molecule has 2 amide bonds. The van der Waals surface area contributed by atoms with E-state index < -0.39 is 144 Å². The number of anilines is 2. The molecular formula is C66H80Cl2F2N10O22. The topological polar surface area (TPSA) is 442 Å². The fourth-order valence-corrected chi connectivity index (χ4v) is 10.9. The maximum absolute atomic E-state index is 16.3. The second-order valence-electron chi connectivity index (χ2n) is 25.4. The molecule has 2 saturated heterocycles. The molecular weight excluding hydrogens is 1390 g/mol. The molecule has 8 rings (SSSR count). The summed E-state index contributed by atoms with van der Waals surface area (Å²) in [7, 11) is 1.27. The zero-order chi connectivity index (χ0) is 74.8. The van der Waals surface area contributed by atoms with Gasteiger partial charge in [0.05, 0.1) is 45.7 Å². The van der Waals surface area contributed by atoms with Gasteiger partial charge in [-0.3, -0.25) is 33.1 Å². The number of aliphatic hydroxyl groups excluding tert-OH is 1. The fourth-order valence-electron chi connectivity index (χ4n) is 10.5. The van der Waals surface area contributed by atoms with Crippen molar-refractivity contribution in [1.82, 2.24) is 39.0 Å². The third kappa shape index (κ3) is 19.4. The van der Waals surface area contributed by atoms with Gasteiger partial charge in [-0.1, -0.05) is 62.9 Å². The van der Waals surface area contributed by atoms with Crippen molar-refractivity contribution in [3.8, 4) is 0 Å². The normalized spacial score (nSPS) is 19.5. The molecule has 36 heteroatoms. The number of amides is 2. The van der Waals surface area contributed by atoms with E-state index in [2.05, 4.69) is 34.6 Å². The van der Waals surface area contributed by atoms with E-state index in [-0.39, 0.29) is 114 Å². The van der Waals surface area contributed by atoms with Crippen LogP contribution in [0.25, 0.3) is 22.3 Å². The number of hydrogen-bond donors (Lipinski definition) is 5. The highest BCUT2D eigenvalue weighted by Crippen LogP contribution is 2.41. The molecule has 0 aliphatic carbocycles. The number of ether oxygens (including phenoxy) is 8. The number of methoxy groups -OCH3 is 1. The lowest BCUT2D eigenvalue weighted by atomic mass is 9.89. The van der Waals surface area contributed by atoms with Crippen molar-refractivity contribution in [1.29, 1.82) is 0 Å². The minimum absolute atomic E-state index is 0. The van der Waals surface area contributed by atoms with Crippen molar-refractivity contribution >= 4 is 117 Å². The molecule has 0 saturated carbocycles. The Hall–Kier alpha value is -9.32. The van der Waals surface area contributed by atoms with Crippen LogP contribution < -0.4 is 10.6 Å². The van der Waals surface area contributed by atoms with Gasteiger partial charge in [0.1, 0.15) is 28.9 Å². The molecule has 2 aromatic carbocycles. The van der Waals surface area contributed by atoms with E-state index in [9.17, 15) is 63.3 Å². The lowest BCUT2D eigenvalue weighted by Crippen LogP contribution is -2.52. The Morgan fingerprint density at radius 3 is 1.58 bits per heavy atom. The number of alkyl halides is 2. The number of nitrogens with two attached hydrogens (primary N) is 1. The number of benzene rings is 2. The van der Waals surface area contributed by atoms with Gasteiger partial charge >= 0.3 is 42.0 Å². The third-order valence-electron chi connectivity index (χ3n) is 15.8. The molecule has 0 spiro atoms. The average Bonchev–Trinajstić information content (AvgIpc) is 1.59. The van der Waals surface area contributed by atoms with Crippen LogP contribution in [0.1, 0.15) is 153 Å². The van der Waals surface area contributed by atoms with E-state index in [0.29, 0.717) is 22.4 Å². The van der Waals surface area contributed by atoms with Crippen molar-refractivity contribution in [2.75, 3.05) is 37.6 Å².